The third-order valence-corrected chi connectivity index (χ3v) is 13.6. The Balaban J connectivity index is 1.13. The van der Waals surface area contributed by atoms with Gasteiger partial charge in [0.25, 0.3) is 0 Å². The average molecular weight is 787 g/mol. The highest BCUT2D eigenvalue weighted by Gasteiger charge is 2.31. The number of fused-ring (bicyclic) bond motifs is 7. The molecule has 3 heteroatoms. The van der Waals surface area contributed by atoms with E-state index in [0.29, 0.717) is 11.8 Å². The molecule has 0 N–H and O–H groups in total. The molecule has 2 aliphatic carbocycles. The van der Waals surface area contributed by atoms with Crippen LogP contribution in [0.15, 0.2) is 192 Å². The summed E-state index contributed by atoms with van der Waals surface area (Å²) in [7, 11) is 0. The summed E-state index contributed by atoms with van der Waals surface area (Å²) in [5.74, 6) is 1.22. The van der Waals surface area contributed by atoms with Crippen molar-refractivity contribution in [1.29, 1.82) is 0 Å². The van der Waals surface area contributed by atoms with Crippen LogP contribution in [0.5, 0.6) is 0 Å². The summed E-state index contributed by atoms with van der Waals surface area (Å²) >= 11 is 0. The van der Waals surface area contributed by atoms with Crippen LogP contribution in [0.2, 0.25) is 0 Å². The second-order valence-electron chi connectivity index (χ2n) is 17.0. The predicted molar refractivity (Wildman–Crippen MR) is 257 cm³/mol. The van der Waals surface area contributed by atoms with Crippen LogP contribution in [0.25, 0.3) is 77.8 Å². The molecule has 1 saturated carbocycles. The summed E-state index contributed by atoms with van der Waals surface area (Å²) in [6, 6.07) is 66.7. The minimum Gasteiger partial charge on any atom is -0.456 e. The van der Waals surface area contributed by atoms with E-state index in [1.54, 1.807) is 0 Å². The van der Waals surface area contributed by atoms with Gasteiger partial charge in [-0.05, 0) is 114 Å². The molecule has 2 heterocycles. The third-order valence-electron chi connectivity index (χ3n) is 13.6. The number of benzene rings is 8. The number of rotatable bonds is 7. The molecular weight excluding hydrogens is 741 g/mol. The fraction of sp³-hybridized carbons (Fsp3) is 0.138. The molecule has 61 heavy (non-hydrogen) atoms. The van der Waals surface area contributed by atoms with Crippen LogP contribution in [-0.2, 0) is 0 Å². The Morgan fingerprint density at radius 1 is 0.492 bits per heavy atom. The SMILES string of the molecule is C1=Cc2cccc(-c3ccccc3N(c3ccc4c(c3)c3ccccc3n4-c3ccccc3)c3ccccc3-c3cccc4oc5ccccc5c34)c2C(C2CCCCC2)C1. The van der Waals surface area contributed by atoms with Crippen LogP contribution in [-0.4, -0.2) is 4.57 Å². The summed E-state index contributed by atoms with van der Waals surface area (Å²) in [4.78, 5) is 2.54. The lowest BCUT2D eigenvalue weighted by molar-refractivity contribution is 0.304. The van der Waals surface area contributed by atoms with Crippen molar-refractivity contribution in [3.05, 3.63) is 199 Å². The van der Waals surface area contributed by atoms with E-state index in [-0.39, 0.29) is 0 Å². The number of aromatic nitrogens is 1. The minimum absolute atomic E-state index is 0.512. The van der Waals surface area contributed by atoms with E-state index in [2.05, 4.69) is 204 Å². The molecule has 2 aliphatic rings. The molecule has 1 atom stereocenters. The predicted octanol–water partition coefficient (Wildman–Crippen LogP) is 16.6. The maximum absolute atomic E-state index is 6.48. The Kier molecular flexibility index (Phi) is 8.73. The highest BCUT2D eigenvalue weighted by Crippen LogP contribution is 2.51. The molecule has 10 aromatic rings. The summed E-state index contributed by atoms with van der Waals surface area (Å²) in [6.07, 6.45) is 12.6. The zero-order valence-corrected chi connectivity index (χ0v) is 34.2. The smallest absolute Gasteiger partial charge is 0.136 e. The Bertz CT molecular complexity index is 3290. The molecule has 3 nitrogen and oxygen atoms in total. The van der Waals surface area contributed by atoms with Gasteiger partial charge in [-0.15, -0.1) is 0 Å². The van der Waals surface area contributed by atoms with Gasteiger partial charge >= 0.3 is 0 Å². The van der Waals surface area contributed by atoms with Crippen molar-refractivity contribution in [2.24, 2.45) is 5.92 Å². The molecule has 0 amide bonds. The average Bonchev–Trinajstić information content (AvgIpc) is 3.88. The lowest BCUT2D eigenvalue weighted by atomic mass is 9.70. The Hall–Kier alpha value is -7.10. The van der Waals surface area contributed by atoms with Crippen LogP contribution >= 0.6 is 0 Å². The van der Waals surface area contributed by atoms with Crippen LogP contribution in [0.3, 0.4) is 0 Å². The van der Waals surface area contributed by atoms with Crippen molar-refractivity contribution in [2.45, 2.75) is 44.4 Å². The number of nitrogens with zero attached hydrogens (tertiary/aromatic N) is 2. The van der Waals surface area contributed by atoms with E-state index in [0.717, 1.165) is 62.2 Å². The van der Waals surface area contributed by atoms with E-state index in [1.165, 1.54) is 76.2 Å². The molecule has 294 valence electrons. The van der Waals surface area contributed by atoms with Crippen LogP contribution in [0.4, 0.5) is 17.1 Å². The molecule has 0 aliphatic heterocycles. The maximum atomic E-state index is 6.48. The lowest BCUT2D eigenvalue weighted by Gasteiger charge is -2.35. The minimum atomic E-state index is 0.512. The van der Waals surface area contributed by atoms with Crippen molar-refractivity contribution < 1.29 is 4.42 Å². The van der Waals surface area contributed by atoms with Crippen molar-refractivity contribution in [3.8, 4) is 27.9 Å². The number of anilines is 3. The van der Waals surface area contributed by atoms with Gasteiger partial charge in [0.15, 0.2) is 0 Å². The van der Waals surface area contributed by atoms with Gasteiger partial charge in [-0.3, -0.25) is 0 Å². The Labute approximate surface area is 356 Å². The summed E-state index contributed by atoms with van der Waals surface area (Å²) in [5.41, 5.74) is 16.5. The molecule has 0 radical (unpaired) electrons. The zero-order valence-electron chi connectivity index (χ0n) is 34.2. The van der Waals surface area contributed by atoms with Crippen LogP contribution < -0.4 is 4.90 Å². The normalized spacial score (nSPS) is 15.5. The van der Waals surface area contributed by atoms with Gasteiger partial charge in [0, 0.05) is 44.0 Å². The van der Waals surface area contributed by atoms with E-state index < -0.39 is 0 Å². The molecular formula is C58H46N2O. The topological polar surface area (TPSA) is 21.3 Å². The van der Waals surface area contributed by atoms with Crippen LogP contribution in [0.1, 0.15) is 55.6 Å². The fourth-order valence-electron chi connectivity index (χ4n) is 11.0. The van der Waals surface area contributed by atoms with Gasteiger partial charge in [-0.1, -0.05) is 153 Å². The van der Waals surface area contributed by atoms with Crippen LogP contribution in [0, 0.1) is 5.92 Å². The quantitative estimate of drug-likeness (QED) is 0.160. The van der Waals surface area contributed by atoms with E-state index in [9.17, 15) is 0 Å². The molecule has 0 saturated heterocycles. The number of hydrogen-bond acceptors (Lipinski definition) is 2. The monoisotopic (exact) mass is 786 g/mol. The first-order chi connectivity index (χ1) is 30.3. The van der Waals surface area contributed by atoms with Gasteiger partial charge in [0.05, 0.1) is 22.4 Å². The fourth-order valence-corrected chi connectivity index (χ4v) is 11.0. The molecule has 1 unspecified atom stereocenters. The first kappa shape index (κ1) is 35.8. The summed E-state index contributed by atoms with van der Waals surface area (Å²) < 4.78 is 8.88. The second kappa shape index (κ2) is 14.9. The van der Waals surface area contributed by atoms with Crippen molar-refractivity contribution >= 4 is 66.9 Å². The van der Waals surface area contributed by atoms with Crippen molar-refractivity contribution in [2.75, 3.05) is 4.90 Å². The molecule has 12 rings (SSSR count). The number of hydrogen-bond donors (Lipinski definition) is 0. The second-order valence-corrected chi connectivity index (χ2v) is 17.0. The molecule has 0 spiro atoms. The van der Waals surface area contributed by atoms with E-state index in [1.807, 2.05) is 0 Å². The lowest BCUT2D eigenvalue weighted by Crippen LogP contribution is -2.19. The standard InChI is InChI=1S/C58H46N2O/c1-3-18-39(19-4-1)43-28-15-20-40-21-16-29-47(57(40)43)44-24-7-11-31-51(44)60(42-36-37-54-50(38-42)46-26-9-13-33-53(46)59(54)41-22-5-2-6-23-41)52-32-12-8-25-45(52)48-30-17-35-56-58(48)49-27-10-14-34-55(49)61-56/h2,5-17,20-27,29-39,43H,1,3-4,18-19,28H2. The number of allylic oxidation sites excluding steroid dienone is 1. The van der Waals surface area contributed by atoms with Gasteiger partial charge in [0.2, 0.25) is 0 Å². The molecule has 0 bridgehead atoms. The van der Waals surface area contributed by atoms with E-state index in [4.69, 9.17) is 4.42 Å². The molecule has 2 aromatic heterocycles. The Morgan fingerprint density at radius 3 is 1.97 bits per heavy atom. The first-order valence-corrected chi connectivity index (χ1v) is 22.1. The zero-order chi connectivity index (χ0) is 40.3. The first-order valence-electron chi connectivity index (χ1n) is 22.1. The van der Waals surface area contributed by atoms with Crippen molar-refractivity contribution in [1.82, 2.24) is 4.57 Å². The van der Waals surface area contributed by atoms with Gasteiger partial charge < -0.3 is 13.9 Å². The highest BCUT2D eigenvalue weighted by molar-refractivity contribution is 6.15. The van der Waals surface area contributed by atoms with Gasteiger partial charge in [-0.25, -0.2) is 0 Å². The Morgan fingerprint density at radius 2 is 1.13 bits per heavy atom. The molecule has 8 aromatic carbocycles. The third kappa shape index (κ3) is 5.94. The maximum Gasteiger partial charge on any atom is 0.136 e. The van der Waals surface area contributed by atoms with E-state index >= 15 is 0 Å². The largest absolute Gasteiger partial charge is 0.456 e. The molecule has 1 fully saturated rings. The summed E-state index contributed by atoms with van der Waals surface area (Å²) in [5, 5.41) is 4.72. The number of para-hydroxylation sites is 5. The highest BCUT2D eigenvalue weighted by atomic mass is 16.3. The number of furan rings is 1. The van der Waals surface area contributed by atoms with Gasteiger partial charge in [0.1, 0.15) is 11.2 Å². The summed E-state index contributed by atoms with van der Waals surface area (Å²) in [6.45, 7) is 0. The van der Waals surface area contributed by atoms with Gasteiger partial charge in [-0.2, -0.15) is 0 Å². The van der Waals surface area contributed by atoms with Crippen molar-refractivity contribution in [3.63, 3.8) is 0 Å².